The van der Waals surface area contributed by atoms with Crippen LogP contribution < -0.4 is 0 Å². The molecule has 0 saturated heterocycles. The van der Waals surface area contributed by atoms with E-state index < -0.39 is 5.97 Å². The lowest BCUT2D eigenvalue weighted by molar-refractivity contribution is 0.0470. The summed E-state index contributed by atoms with van der Waals surface area (Å²) in [4.78, 5) is 15.3. The standard InChI is InChI=1S/C12H11ClN2O3/c1-2-17-12(16)11-14-10(15-18-11)7-8-4-3-5-9(13)6-8/h3-6H,2,7H2,1H3. The first-order valence-electron chi connectivity index (χ1n) is 5.43. The Kier molecular flexibility index (Phi) is 3.94. The molecule has 5 nitrogen and oxygen atoms in total. The van der Waals surface area contributed by atoms with Gasteiger partial charge < -0.3 is 9.26 Å². The number of carbonyl (C=O) groups excluding carboxylic acids is 1. The molecule has 1 aromatic heterocycles. The SMILES string of the molecule is CCOC(=O)c1nc(Cc2cccc(Cl)c2)no1. The zero-order chi connectivity index (χ0) is 13.0. The van der Waals surface area contributed by atoms with Gasteiger partial charge in [0.1, 0.15) is 0 Å². The van der Waals surface area contributed by atoms with Gasteiger partial charge in [0, 0.05) is 11.4 Å². The molecule has 2 rings (SSSR count). The summed E-state index contributed by atoms with van der Waals surface area (Å²) < 4.78 is 9.57. The fourth-order valence-corrected chi connectivity index (χ4v) is 1.64. The van der Waals surface area contributed by atoms with E-state index in [2.05, 4.69) is 10.1 Å². The second-order valence-electron chi connectivity index (χ2n) is 3.54. The van der Waals surface area contributed by atoms with Crippen LogP contribution in [0, 0.1) is 0 Å². The number of aromatic nitrogens is 2. The lowest BCUT2D eigenvalue weighted by Crippen LogP contribution is -2.05. The first-order chi connectivity index (χ1) is 8.69. The highest BCUT2D eigenvalue weighted by Crippen LogP contribution is 2.13. The van der Waals surface area contributed by atoms with Crippen LogP contribution >= 0.6 is 11.6 Å². The van der Waals surface area contributed by atoms with Crippen molar-refractivity contribution in [1.29, 1.82) is 0 Å². The fraction of sp³-hybridized carbons (Fsp3) is 0.250. The molecule has 94 valence electrons. The van der Waals surface area contributed by atoms with E-state index in [0.717, 1.165) is 5.56 Å². The number of esters is 1. The van der Waals surface area contributed by atoms with Crippen molar-refractivity contribution < 1.29 is 14.1 Å². The third-order valence-corrected chi connectivity index (χ3v) is 2.40. The number of hydrogen-bond acceptors (Lipinski definition) is 5. The molecule has 6 heteroatoms. The predicted octanol–water partition coefficient (Wildman–Crippen LogP) is 2.49. The van der Waals surface area contributed by atoms with Gasteiger partial charge in [0.15, 0.2) is 5.82 Å². The minimum absolute atomic E-state index is 0.131. The third-order valence-electron chi connectivity index (χ3n) is 2.17. The van der Waals surface area contributed by atoms with Crippen LogP contribution in [-0.4, -0.2) is 22.7 Å². The summed E-state index contributed by atoms with van der Waals surface area (Å²) in [5.41, 5.74) is 0.943. The number of hydrogen-bond donors (Lipinski definition) is 0. The smallest absolute Gasteiger partial charge is 0.397 e. The van der Waals surface area contributed by atoms with E-state index in [4.69, 9.17) is 20.9 Å². The average Bonchev–Trinajstić information content (AvgIpc) is 2.78. The van der Waals surface area contributed by atoms with Crippen LogP contribution in [0.1, 0.15) is 29.0 Å². The third kappa shape index (κ3) is 3.07. The minimum atomic E-state index is -0.609. The Hall–Kier alpha value is -1.88. The zero-order valence-electron chi connectivity index (χ0n) is 9.72. The molecule has 0 unspecified atom stereocenters. The maximum Gasteiger partial charge on any atom is 0.397 e. The quantitative estimate of drug-likeness (QED) is 0.796. The van der Waals surface area contributed by atoms with E-state index in [9.17, 15) is 4.79 Å². The monoisotopic (exact) mass is 266 g/mol. The predicted molar refractivity (Wildman–Crippen MR) is 64.5 cm³/mol. The van der Waals surface area contributed by atoms with E-state index in [-0.39, 0.29) is 12.5 Å². The van der Waals surface area contributed by atoms with Crippen LogP contribution in [0.25, 0.3) is 0 Å². The maximum atomic E-state index is 11.3. The molecule has 1 aromatic carbocycles. The van der Waals surface area contributed by atoms with E-state index in [1.807, 2.05) is 18.2 Å². The molecule has 0 spiro atoms. The highest BCUT2D eigenvalue weighted by molar-refractivity contribution is 6.30. The first kappa shape index (κ1) is 12.6. The molecule has 0 bridgehead atoms. The van der Waals surface area contributed by atoms with Crippen molar-refractivity contribution in [2.45, 2.75) is 13.3 Å². The van der Waals surface area contributed by atoms with Crippen molar-refractivity contribution in [1.82, 2.24) is 10.1 Å². The lowest BCUT2D eigenvalue weighted by atomic mass is 10.1. The molecule has 2 aromatic rings. The highest BCUT2D eigenvalue weighted by atomic mass is 35.5. The van der Waals surface area contributed by atoms with Gasteiger partial charge in [-0.2, -0.15) is 4.98 Å². The topological polar surface area (TPSA) is 65.2 Å². The molecular weight excluding hydrogens is 256 g/mol. The van der Waals surface area contributed by atoms with Crippen molar-refractivity contribution in [3.63, 3.8) is 0 Å². The molecule has 0 fully saturated rings. The van der Waals surface area contributed by atoms with Crippen molar-refractivity contribution in [3.8, 4) is 0 Å². The highest BCUT2D eigenvalue weighted by Gasteiger charge is 2.16. The molecule has 0 aliphatic rings. The Balaban J connectivity index is 2.09. The van der Waals surface area contributed by atoms with Gasteiger partial charge in [-0.15, -0.1) is 0 Å². The lowest BCUT2D eigenvalue weighted by Gasteiger charge is -1.96. The van der Waals surface area contributed by atoms with Crippen molar-refractivity contribution in [2.75, 3.05) is 6.61 Å². The molecule has 0 aliphatic carbocycles. The van der Waals surface area contributed by atoms with Crippen LogP contribution in [0.5, 0.6) is 0 Å². The summed E-state index contributed by atoms with van der Waals surface area (Å²) >= 11 is 5.87. The number of ether oxygens (including phenoxy) is 1. The number of benzene rings is 1. The molecule has 0 saturated carbocycles. The molecule has 0 N–H and O–H groups in total. The fourth-order valence-electron chi connectivity index (χ4n) is 1.43. The van der Waals surface area contributed by atoms with Crippen molar-refractivity contribution in [2.24, 2.45) is 0 Å². The number of halogens is 1. The first-order valence-corrected chi connectivity index (χ1v) is 5.81. The number of carbonyl (C=O) groups is 1. The van der Waals surface area contributed by atoms with Gasteiger partial charge in [-0.05, 0) is 24.6 Å². The summed E-state index contributed by atoms with van der Waals surface area (Å²) in [6, 6.07) is 7.32. The van der Waals surface area contributed by atoms with Crippen LogP contribution in [0.15, 0.2) is 28.8 Å². The average molecular weight is 267 g/mol. The van der Waals surface area contributed by atoms with Gasteiger partial charge in [0.25, 0.3) is 0 Å². The van der Waals surface area contributed by atoms with Gasteiger partial charge in [-0.1, -0.05) is 28.9 Å². The van der Waals surface area contributed by atoms with Gasteiger partial charge in [-0.3, -0.25) is 0 Å². The maximum absolute atomic E-state index is 11.3. The van der Waals surface area contributed by atoms with E-state index in [0.29, 0.717) is 17.3 Å². The van der Waals surface area contributed by atoms with E-state index in [1.54, 1.807) is 13.0 Å². The van der Waals surface area contributed by atoms with Gasteiger partial charge in [0.05, 0.1) is 6.61 Å². The molecule has 18 heavy (non-hydrogen) atoms. The van der Waals surface area contributed by atoms with Gasteiger partial charge in [0.2, 0.25) is 0 Å². The Morgan fingerprint density at radius 1 is 1.50 bits per heavy atom. The normalized spacial score (nSPS) is 10.3. The Morgan fingerprint density at radius 2 is 2.33 bits per heavy atom. The molecule has 1 heterocycles. The van der Waals surface area contributed by atoms with E-state index >= 15 is 0 Å². The summed E-state index contributed by atoms with van der Waals surface area (Å²) in [6.07, 6.45) is 0.448. The molecular formula is C12H11ClN2O3. The summed E-state index contributed by atoms with van der Waals surface area (Å²) in [5.74, 6) is -0.323. The Labute approximate surface area is 109 Å². The summed E-state index contributed by atoms with van der Waals surface area (Å²) in [7, 11) is 0. The summed E-state index contributed by atoms with van der Waals surface area (Å²) in [5, 5.41) is 4.35. The molecule has 0 aliphatic heterocycles. The second-order valence-corrected chi connectivity index (χ2v) is 3.98. The van der Waals surface area contributed by atoms with Crippen LogP contribution in [0.3, 0.4) is 0 Å². The summed E-state index contributed by atoms with van der Waals surface area (Å²) in [6.45, 7) is 1.98. The molecule has 0 atom stereocenters. The number of nitrogens with zero attached hydrogens (tertiary/aromatic N) is 2. The molecule has 0 radical (unpaired) electrons. The second kappa shape index (κ2) is 5.64. The number of rotatable bonds is 4. The minimum Gasteiger partial charge on any atom is -0.459 e. The van der Waals surface area contributed by atoms with E-state index in [1.165, 1.54) is 0 Å². The van der Waals surface area contributed by atoms with Crippen LogP contribution in [0.2, 0.25) is 5.02 Å². The van der Waals surface area contributed by atoms with Crippen LogP contribution in [0.4, 0.5) is 0 Å². The molecule has 0 amide bonds. The Bertz CT molecular complexity index is 554. The zero-order valence-corrected chi connectivity index (χ0v) is 10.5. The Morgan fingerprint density at radius 3 is 3.06 bits per heavy atom. The van der Waals surface area contributed by atoms with Crippen molar-refractivity contribution in [3.05, 3.63) is 46.6 Å². The van der Waals surface area contributed by atoms with Gasteiger partial charge >= 0.3 is 11.9 Å². The van der Waals surface area contributed by atoms with Gasteiger partial charge in [-0.25, -0.2) is 4.79 Å². The van der Waals surface area contributed by atoms with Crippen LogP contribution in [-0.2, 0) is 11.2 Å². The van der Waals surface area contributed by atoms with Crippen molar-refractivity contribution >= 4 is 17.6 Å². The largest absolute Gasteiger partial charge is 0.459 e.